The van der Waals surface area contributed by atoms with E-state index >= 15 is 0 Å². The smallest absolute Gasteiger partial charge is 0.123 e. The molecule has 3 rings (SSSR count). The second kappa shape index (κ2) is 3.86. The maximum atomic E-state index is 6.05. The molecule has 2 nitrogen and oxygen atoms in total. The number of nitrogens with one attached hydrogen (secondary N) is 1. The molecule has 1 saturated carbocycles. The molecule has 1 unspecified atom stereocenters. The third-order valence-electron chi connectivity index (χ3n) is 3.24. The van der Waals surface area contributed by atoms with E-state index in [1.165, 1.54) is 18.4 Å². The summed E-state index contributed by atoms with van der Waals surface area (Å²) in [5.41, 5.74) is 1.42. The molecule has 0 amide bonds. The van der Waals surface area contributed by atoms with Crippen molar-refractivity contribution in [2.45, 2.75) is 31.3 Å². The van der Waals surface area contributed by atoms with Gasteiger partial charge in [-0.15, -0.1) is 0 Å². The summed E-state index contributed by atoms with van der Waals surface area (Å²) in [6.07, 6.45) is 4.19. The van der Waals surface area contributed by atoms with E-state index in [-0.39, 0.29) is 0 Å². The van der Waals surface area contributed by atoms with Gasteiger partial charge in [-0.1, -0.05) is 18.2 Å². The fourth-order valence-electron chi connectivity index (χ4n) is 2.23. The monoisotopic (exact) mass is 203 g/mol. The van der Waals surface area contributed by atoms with Gasteiger partial charge < -0.3 is 10.1 Å². The lowest BCUT2D eigenvalue weighted by molar-refractivity contribution is 0.221. The first-order valence-corrected chi connectivity index (χ1v) is 5.90. The van der Waals surface area contributed by atoms with E-state index in [9.17, 15) is 0 Å². The minimum Gasteiger partial charge on any atom is -0.489 e. The van der Waals surface area contributed by atoms with E-state index in [0.717, 1.165) is 31.2 Å². The van der Waals surface area contributed by atoms with Gasteiger partial charge in [-0.05, 0) is 43.4 Å². The van der Waals surface area contributed by atoms with E-state index in [4.69, 9.17) is 4.74 Å². The quantitative estimate of drug-likeness (QED) is 0.814. The maximum Gasteiger partial charge on any atom is 0.123 e. The van der Waals surface area contributed by atoms with Crippen molar-refractivity contribution in [2.24, 2.45) is 0 Å². The normalized spacial score (nSPS) is 25.5. The van der Waals surface area contributed by atoms with Gasteiger partial charge in [0, 0.05) is 6.54 Å². The highest BCUT2D eigenvalue weighted by atomic mass is 16.5. The molecule has 1 aromatic carbocycles. The number of hydrogen-bond donors (Lipinski definition) is 1. The van der Waals surface area contributed by atoms with Crippen LogP contribution in [0.3, 0.4) is 0 Å². The average molecular weight is 203 g/mol. The minimum absolute atomic E-state index is 0.380. The molecule has 1 aliphatic heterocycles. The third kappa shape index (κ3) is 2.00. The second-order valence-electron chi connectivity index (χ2n) is 4.54. The molecule has 2 fully saturated rings. The molecule has 0 bridgehead atoms. The second-order valence-corrected chi connectivity index (χ2v) is 4.54. The summed E-state index contributed by atoms with van der Waals surface area (Å²) < 4.78 is 6.05. The highest BCUT2D eigenvalue weighted by Crippen LogP contribution is 2.44. The Kier molecular flexibility index (Phi) is 2.37. The lowest BCUT2D eigenvalue weighted by Gasteiger charge is -2.15. The molecule has 1 heterocycles. The van der Waals surface area contributed by atoms with Crippen LogP contribution in [0.15, 0.2) is 24.3 Å². The van der Waals surface area contributed by atoms with Gasteiger partial charge in [-0.2, -0.15) is 0 Å². The van der Waals surface area contributed by atoms with Crippen LogP contribution in [-0.4, -0.2) is 19.2 Å². The zero-order valence-corrected chi connectivity index (χ0v) is 8.91. The number of hydrogen-bond acceptors (Lipinski definition) is 2. The number of rotatable bonds is 3. The summed E-state index contributed by atoms with van der Waals surface area (Å²) in [6, 6.07) is 8.53. The van der Waals surface area contributed by atoms with Gasteiger partial charge in [0.05, 0.1) is 0 Å². The first-order valence-electron chi connectivity index (χ1n) is 5.90. The Morgan fingerprint density at radius 3 is 2.73 bits per heavy atom. The zero-order valence-electron chi connectivity index (χ0n) is 8.91. The van der Waals surface area contributed by atoms with Crippen molar-refractivity contribution < 1.29 is 4.74 Å². The first kappa shape index (κ1) is 9.22. The predicted molar refractivity (Wildman–Crippen MR) is 60.3 cm³/mol. The molecule has 15 heavy (non-hydrogen) atoms. The lowest BCUT2D eigenvalue weighted by atomic mass is 10.1. The Morgan fingerprint density at radius 1 is 1.13 bits per heavy atom. The summed E-state index contributed by atoms with van der Waals surface area (Å²) >= 11 is 0. The Balaban J connectivity index is 1.77. The summed E-state index contributed by atoms with van der Waals surface area (Å²) in [7, 11) is 0. The van der Waals surface area contributed by atoms with Crippen LogP contribution >= 0.6 is 0 Å². The van der Waals surface area contributed by atoms with Crippen molar-refractivity contribution in [3.8, 4) is 5.75 Å². The Labute approximate surface area is 90.6 Å². The highest BCUT2D eigenvalue weighted by molar-refractivity contribution is 5.38. The van der Waals surface area contributed by atoms with E-state index in [1.807, 2.05) is 0 Å². The number of benzene rings is 1. The van der Waals surface area contributed by atoms with Gasteiger partial charge in [0.15, 0.2) is 0 Å². The standard InChI is InChI=1S/C13H17NO/c1-2-4-13(12(3-1)10-5-6-10)15-11-7-8-14-9-11/h1-4,10-11,14H,5-9H2. The maximum absolute atomic E-state index is 6.05. The highest BCUT2D eigenvalue weighted by Gasteiger charge is 2.27. The molecule has 1 N–H and O–H groups in total. The van der Waals surface area contributed by atoms with Gasteiger partial charge in [0.25, 0.3) is 0 Å². The van der Waals surface area contributed by atoms with Crippen LogP contribution in [0, 0.1) is 0 Å². The molecule has 1 saturated heterocycles. The summed E-state index contributed by atoms with van der Waals surface area (Å²) in [5.74, 6) is 1.89. The van der Waals surface area contributed by atoms with Crippen LogP contribution in [-0.2, 0) is 0 Å². The summed E-state index contributed by atoms with van der Waals surface area (Å²) in [5, 5.41) is 3.33. The average Bonchev–Trinajstić information content (AvgIpc) is 2.99. The van der Waals surface area contributed by atoms with Crippen LogP contribution in [0.25, 0.3) is 0 Å². The fraction of sp³-hybridized carbons (Fsp3) is 0.538. The molecule has 1 atom stereocenters. The van der Waals surface area contributed by atoms with E-state index in [0.29, 0.717) is 6.10 Å². The molecule has 2 aliphatic rings. The first-order chi connectivity index (χ1) is 7.43. The van der Waals surface area contributed by atoms with Gasteiger partial charge in [0.2, 0.25) is 0 Å². The minimum atomic E-state index is 0.380. The van der Waals surface area contributed by atoms with Crippen molar-refractivity contribution in [3.05, 3.63) is 29.8 Å². The molecule has 0 radical (unpaired) electrons. The van der Waals surface area contributed by atoms with Crippen LogP contribution in [0.1, 0.15) is 30.7 Å². The van der Waals surface area contributed by atoms with Crippen molar-refractivity contribution in [1.82, 2.24) is 5.32 Å². The third-order valence-corrected chi connectivity index (χ3v) is 3.24. The topological polar surface area (TPSA) is 21.3 Å². The summed E-state index contributed by atoms with van der Waals surface area (Å²) in [6.45, 7) is 2.09. The number of ether oxygens (including phenoxy) is 1. The SMILES string of the molecule is c1ccc(C2CC2)c(OC2CCNC2)c1. The van der Waals surface area contributed by atoms with E-state index in [1.54, 1.807) is 0 Å². The van der Waals surface area contributed by atoms with E-state index in [2.05, 4.69) is 29.6 Å². The van der Waals surface area contributed by atoms with Crippen LogP contribution in [0.5, 0.6) is 5.75 Å². The molecular formula is C13H17NO. The van der Waals surface area contributed by atoms with Crippen LogP contribution in [0.4, 0.5) is 0 Å². The van der Waals surface area contributed by atoms with Gasteiger partial charge >= 0.3 is 0 Å². The van der Waals surface area contributed by atoms with E-state index < -0.39 is 0 Å². The molecule has 80 valence electrons. The van der Waals surface area contributed by atoms with Gasteiger partial charge in [0.1, 0.15) is 11.9 Å². The predicted octanol–water partition coefficient (Wildman–Crippen LogP) is 2.30. The summed E-state index contributed by atoms with van der Waals surface area (Å²) in [4.78, 5) is 0. The van der Waals surface area contributed by atoms with Gasteiger partial charge in [-0.25, -0.2) is 0 Å². The van der Waals surface area contributed by atoms with Crippen molar-refractivity contribution in [2.75, 3.05) is 13.1 Å². The Bertz CT molecular complexity index is 340. The van der Waals surface area contributed by atoms with Crippen molar-refractivity contribution >= 4 is 0 Å². The Hall–Kier alpha value is -1.02. The van der Waals surface area contributed by atoms with Crippen molar-refractivity contribution in [1.29, 1.82) is 0 Å². The molecule has 2 heteroatoms. The zero-order chi connectivity index (χ0) is 10.1. The van der Waals surface area contributed by atoms with Gasteiger partial charge in [-0.3, -0.25) is 0 Å². The molecule has 1 aromatic rings. The fourth-order valence-corrected chi connectivity index (χ4v) is 2.23. The van der Waals surface area contributed by atoms with Crippen LogP contribution < -0.4 is 10.1 Å². The molecular weight excluding hydrogens is 186 g/mol. The largest absolute Gasteiger partial charge is 0.489 e. The number of para-hydroxylation sites is 1. The Morgan fingerprint density at radius 2 is 2.00 bits per heavy atom. The lowest BCUT2D eigenvalue weighted by Crippen LogP contribution is -2.20. The molecule has 0 aromatic heterocycles. The van der Waals surface area contributed by atoms with Crippen molar-refractivity contribution in [3.63, 3.8) is 0 Å². The molecule has 1 aliphatic carbocycles. The molecule has 0 spiro atoms. The van der Waals surface area contributed by atoms with Crippen LogP contribution in [0.2, 0.25) is 0 Å².